The van der Waals surface area contributed by atoms with Gasteiger partial charge in [0.25, 0.3) is 5.78 Å². The monoisotopic (exact) mass is 216 g/mol. The summed E-state index contributed by atoms with van der Waals surface area (Å²) in [4.78, 5) is 11.1. The number of furan rings is 1. The Morgan fingerprint density at radius 2 is 2.45 bits per heavy atom. The Balaban J connectivity index is 2.87. The number of hydrogen-bond acceptors (Lipinski definition) is 4. The van der Waals surface area contributed by atoms with Gasteiger partial charge in [0, 0.05) is 0 Å². The predicted molar refractivity (Wildman–Crippen MR) is 43.6 cm³/mol. The molecule has 4 nitrogen and oxygen atoms in total. The van der Waals surface area contributed by atoms with Crippen LogP contribution in [0.5, 0.6) is 0 Å². The molecule has 0 unspecified atom stereocenters. The molecule has 0 bridgehead atoms. The summed E-state index contributed by atoms with van der Waals surface area (Å²) in [5, 5.41) is 3.17. The van der Waals surface area contributed by atoms with Gasteiger partial charge in [0.2, 0.25) is 0 Å². The average Bonchev–Trinajstić information content (AvgIpc) is 2.53. The van der Waals surface area contributed by atoms with Crippen molar-refractivity contribution in [3.63, 3.8) is 0 Å². The van der Waals surface area contributed by atoms with Crippen molar-refractivity contribution in [3.8, 4) is 0 Å². The molecule has 1 aromatic rings. The molecule has 1 rings (SSSR count). The first-order chi connectivity index (χ1) is 5.25. The van der Waals surface area contributed by atoms with Crippen LogP contribution in [0.2, 0.25) is 0 Å². The molecule has 1 aromatic heterocycles. The first kappa shape index (κ1) is 8.00. The summed E-state index contributed by atoms with van der Waals surface area (Å²) in [6.07, 6.45) is 1.41. The molecule has 0 aromatic carbocycles. The van der Waals surface area contributed by atoms with Crippen molar-refractivity contribution in [1.29, 1.82) is 0 Å². The third kappa shape index (κ3) is 1.68. The molecule has 0 aliphatic carbocycles. The fourth-order valence-corrected chi connectivity index (χ4v) is 0.763. The van der Waals surface area contributed by atoms with E-state index in [4.69, 9.17) is 10.3 Å². The largest absolute Gasteiger partial charge is 0.461 e. The van der Waals surface area contributed by atoms with Gasteiger partial charge < -0.3 is 10.3 Å². The van der Waals surface area contributed by atoms with Crippen molar-refractivity contribution >= 4 is 26.3 Å². The molecule has 0 saturated heterocycles. The highest BCUT2D eigenvalue weighted by Gasteiger charge is 2.12. The van der Waals surface area contributed by atoms with E-state index < -0.39 is 0 Å². The lowest BCUT2D eigenvalue weighted by Gasteiger charge is -1.89. The molecule has 0 atom stereocenters. The summed E-state index contributed by atoms with van der Waals surface area (Å²) >= 11 is 2.88. The zero-order valence-corrected chi connectivity index (χ0v) is 7.04. The molecule has 0 fully saturated rings. The Morgan fingerprint density at radius 1 is 1.73 bits per heavy atom. The number of ketones is 1. The zero-order chi connectivity index (χ0) is 8.27. The summed E-state index contributed by atoms with van der Waals surface area (Å²) in [6, 6.07) is 3.15. The van der Waals surface area contributed by atoms with E-state index in [0.717, 1.165) is 0 Å². The number of halogens is 1. The summed E-state index contributed by atoms with van der Waals surface area (Å²) in [6.45, 7) is 0. The third-order valence-electron chi connectivity index (χ3n) is 1.05. The SMILES string of the molecule is N/N=C(\Br)C(=O)c1ccco1. The minimum absolute atomic E-state index is 0.0486. The summed E-state index contributed by atoms with van der Waals surface area (Å²) < 4.78 is 4.85. The molecule has 58 valence electrons. The molecular formula is C6H5BrN2O2. The molecule has 0 amide bonds. The maximum absolute atomic E-state index is 11.1. The molecule has 0 spiro atoms. The minimum atomic E-state index is -0.363. The number of carbonyl (C=O) groups excluding carboxylic acids is 1. The number of nitrogens with two attached hydrogens (primary N) is 1. The van der Waals surface area contributed by atoms with Crippen molar-refractivity contribution in [3.05, 3.63) is 24.2 Å². The van der Waals surface area contributed by atoms with Crippen LogP contribution in [0, 0.1) is 0 Å². The number of carbonyl (C=O) groups is 1. The van der Waals surface area contributed by atoms with Gasteiger partial charge in [-0.1, -0.05) is 0 Å². The second kappa shape index (κ2) is 3.34. The lowest BCUT2D eigenvalue weighted by atomic mass is 10.3. The average molecular weight is 217 g/mol. The summed E-state index contributed by atoms with van der Waals surface area (Å²) in [5.41, 5.74) is 0. The fourth-order valence-electron chi connectivity index (χ4n) is 0.568. The van der Waals surface area contributed by atoms with Crippen molar-refractivity contribution in [2.75, 3.05) is 0 Å². The zero-order valence-electron chi connectivity index (χ0n) is 5.45. The van der Waals surface area contributed by atoms with E-state index in [1.54, 1.807) is 6.07 Å². The number of hydrazone groups is 1. The van der Waals surface area contributed by atoms with Crippen molar-refractivity contribution < 1.29 is 9.21 Å². The molecule has 0 radical (unpaired) electrons. The van der Waals surface area contributed by atoms with Crippen LogP contribution in [0.25, 0.3) is 0 Å². The second-order valence-electron chi connectivity index (χ2n) is 1.73. The highest BCUT2D eigenvalue weighted by Crippen LogP contribution is 2.04. The van der Waals surface area contributed by atoms with E-state index in [2.05, 4.69) is 21.0 Å². The predicted octanol–water partition coefficient (Wildman–Crippen LogP) is 1.13. The lowest BCUT2D eigenvalue weighted by molar-refractivity contribution is 0.104. The quantitative estimate of drug-likeness (QED) is 0.349. The van der Waals surface area contributed by atoms with Crippen LogP contribution in [-0.4, -0.2) is 10.4 Å². The summed E-state index contributed by atoms with van der Waals surface area (Å²) in [7, 11) is 0. The molecule has 0 saturated carbocycles. The second-order valence-corrected chi connectivity index (χ2v) is 2.48. The number of Topliss-reactive ketones (excluding diaryl/α,β-unsaturated/α-hetero) is 1. The smallest absolute Gasteiger partial charge is 0.255 e. The van der Waals surface area contributed by atoms with Crippen LogP contribution in [0.3, 0.4) is 0 Å². The van der Waals surface area contributed by atoms with E-state index in [0.29, 0.717) is 0 Å². The van der Waals surface area contributed by atoms with Gasteiger partial charge in [0.15, 0.2) is 10.4 Å². The van der Waals surface area contributed by atoms with Gasteiger partial charge in [-0.05, 0) is 28.1 Å². The molecule has 0 aliphatic heterocycles. The molecule has 5 heteroatoms. The molecule has 11 heavy (non-hydrogen) atoms. The Labute approximate surface area is 71.2 Å². The number of hydrogen-bond donors (Lipinski definition) is 1. The van der Waals surface area contributed by atoms with Crippen LogP contribution in [-0.2, 0) is 0 Å². The fraction of sp³-hybridized carbons (Fsp3) is 0. The number of rotatable bonds is 2. The van der Waals surface area contributed by atoms with Crippen molar-refractivity contribution in [2.45, 2.75) is 0 Å². The minimum Gasteiger partial charge on any atom is -0.461 e. The first-order valence-corrected chi connectivity index (χ1v) is 3.56. The Bertz CT molecular complexity index is 279. The lowest BCUT2D eigenvalue weighted by Crippen LogP contribution is -2.08. The van der Waals surface area contributed by atoms with E-state index in [1.807, 2.05) is 0 Å². The molecule has 0 aliphatic rings. The topological polar surface area (TPSA) is 68.6 Å². The Hall–Kier alpha value is -1.10. The van der Waals surface area contributed by atoms with Gasteiger partial charge >= 0.3 is 0 Å². The van der Waals surface area contributed by atoms with Crippen LogP contribution in [0.15, 0.2) is 27.9 Å². The number of nitrogens with zero attached hydrogens (tertiary/aromatic N) is 1. The van der Waals surface area contributed by atoms with E-state index in [-0.39, 0.29) is 16.2 Å². The maximum Gasteiger partial charge on any atom is 0.255 e. The van der Waals surface area contributed by atoms with Crippen LogP contribution >= 0.6 is 15.9 Å². The molecule has 2 N–H and O–H groups in total. The first-order valence-electron chi connectivity index (χ1n) is 2.77. The molecule has 1 heterocycles. The molecular weight excluding hydrogens is 212 g/mol. The van der Waals surface area contributed by atoms with Gasteiger partial charge in [0.05, 0.1) is 6.26 Å². The normalized spacial score (nSPS) is 11.5. The van der Waals surface area contributed by atoms with E-state index in [9.17, 15) is 4.79 Å². The van der Waals surface area contributed by atoms with Crippen molar-refractivity contribution in [2.24, 2.45) is 10.9 Å². The third-order valence-corrected chi connectivity index (χ3v) is 1.61. The van der Waals surface area contributed by atoms with Gasteiger partial charge in [0.1, 0.15) is 0 Å². The highest BCUT2D eigenvalue weighted by atomic mass is 79.9. The standard InChI is InChI=1S/C6H5BrN2O2/c7-6(9-8)5(10)4-2-1-3-11-4/h1-3H,8H2/b9-6-. The van der Waals surface area contributed by atoms with E-state index >= 15 is 0 Å². The van der Waals surface area contributed by atoms with Crippen LogP contribution in [0.1, 0.15) is 10.6 Å². The Kier molecular flexibility index (Phi) is 2.43. The van der Waals surface area contributed by atoms with Gasteiger partial charge in [-0.3, -0.25) is 4.79 Å². The maximum atomic E-state index is 11.1. The van der Waals surface area contributed by atoms with Crippen LogP contribution < -0.4 is 5.84 Å². The van der Waals surface area contributed by atoms with Gasteiger partial charge in [-0.2, -0.15) is 5.10 Å². The van der Waals surface area contributed by atoms with Crippen molar-refractivity contribution in [1.82, 2.24) is 0 Å². The summed E-state index contributed by atoms with van der Waals surface area (Å²) in [5.74, 6) is 4.71. The van der Waals surface area contributed by atoms with Gasteiger partial charge in [-0.15, -0.1) is 0 Å². The van der Waals surface area contributed by atoms with E-state index in [1.165, 1.54) is 12.3 Å². The highest BCUT2D eigenvalue weighted by molar-refractivity contribution is 9.19. The Morgan fingerprint density at radius 3 is 2.91 bits per heavy atom. The van der Waals surface area contributed by atoms with Crippen LogP contribution in [0.4, 0.5) is 0 Å². The van der Waals surface area contributed by atoms with Gasteiger partial charge in [-0.25, -0.2) is 0 Å².